The van der Waals surface area contributed by atoms with Gasteiger partial charge in [0.25, 0.3) is 5.91 Å². The second kappa shape index (κ2) is 7.98. The molecule has 156 valence electrons. The van der Waals surface area contributed by atoms with E-state index < -0.39 is 18.0 Å². The standard InChI is InChI=1S/C21H20FN3O4S/c1-12-20(27)24(2)17-8-7-15(9-18(17)30-12)25-11-16(29-21(25)28)10-23-19(26)13-3-5-14(22)6-4-13/h3-9,12,16H,10-11H2,1-2H3,(H,23,26). The quantitative estimate of drug-likeness (QED) is 0.808. The summed E-state index contributed by atoms with van der Waals surface area (Å²) in [4.78, 5) is 40.7. The zero-order valence-corrected chi connectivity index (χ0v) is 17.2. The largest absolute Gasteiger partial charge is 0.442 e. The third kappa shape index (κ3) is 3.85. The highest BCUT2D eigenvalue weighted by Crippen LogP contribution is 2.41. The third-order valence-electron chi connectivity index (χ3n) is 5.07. The maximum Gasteiger partial charge on any atom is 0.414 e. The number of cyclic esters (lactones) is 1. The predicted molar refractivity (Wildman–Crippen MR) is 112 cm³/mol. The van der Waals surface area contributed by atoms with Crippen molar-refractivity contribution < 1.29 is 23.5 Å². The second-order valence-electron chi connectivity index (χ2n) is 7.14. The summed E-state index contributed by atoms with van der Waals surface area (Å²) in [6, 6.07) is 10.7. The molecule has 0 aliphatic carbocycles. The van der Waals surface area contributed by atoms with Gasteiger partial charge in [-0.1, -0.05) is 0 Å². The van der Waals surface area contributed by atoms with Crippen LogP contribution < -0.4 is 15.1 Å². The maximum atomic E-state index is 13.0. The van der Waals surface area contributed by atoms with Crippen LogP contribution in [0.15, 0.2) is 47.4 Å². The van der Waals surface area contributed by atoms with Gasteiger partial charge in [0.1, 0.15) is 11.9 Å². The Bertz CT molecular complexity index is 1010. The smallest absolute Gasteiger partial charge is 0.414 e. The summed E-state index contributed by atoms with van der Waals surface area (Å²) >= 11 is 1.46. The molecule has 9 heteroatoms. The summed E-state index contributed by atoms with van der Waals surface area (Å²) < 4.78 is 18.4. The van der Waals surface area contributed by atoms with E-state index in [2.05, 4.69) is 5.32 Å². The van der Waals surface area contributed by atoms with Crippen LogP contribution in [-0.2, 0) is 9.53 Å². The number of nitrogens with zero attached hydrogens (tertiary/aromatic N) is 2. The average molecular weight is 429 g/mol. The van der Waals surface area contributed by atoms with Gasteiger partial charge >= 0.3 is 6.09 Å². The number of carbonyl (C=O) groups excluding carboxylic acids is 3. The molecule has 0 spiro atoms. The van der Waals surface area contributed by atoms with E-state index in [-0.39, 0.29) is 30.2 Å². The van der Waals surface area contributed by atoms with E-state index in [9.17, 15) is 18.8 Å². The van der Waals surface area contributed by atoms with Gasteiger partial charge in [-0.2, -0.15) is 0 Å². The van der Waals surface area contributed by atoms with Gasteiger partial charge in [-0.3, -0.25) is 14.5 Å². The van der Waals surface area contributed by atoms with Crippen molar-refractivity contribution in [2.45, 2.75) is 23.2 Å². The third-order valence-corrected chi connectivity index (χ3v) is 6.21. The normalized spacial score (nSPS) is 20.8. The lowest BCUT2D eigenvalue weighted by Crippen LogP contribution is -2.36. The van der Waals surface area contributed by atoms with E-state index >= 15 is 0 Å². The van der Waals surface area contributed by atoms with Gasteiger partial charge in [0.05, 0.1) is 24.0 Å². The lowest BCUT2D eigenvalue weighted by atomic mass is 10.2. The van der Waals surface area contributed by atoms with Crippen LogP contribution in [0.5, 0.6) is 0 Å². The number of amides is 3. The summed E-state index contributed by atoms with van der Waals surface area (Å²) in [7, 11) is 1.74. The second-order valence-corrected chi connectivity index (χ2v) is 8.53. The van der Waals surface area contributed by atoms with Gasteiger partial charge in [-0.25, -0.2) is 9.18 Å². The first-order valence-electron chi connectivity index (χ1n) is 9.43. The Balaban J connectivity index is 1.41. The van der Waals surface area contributed by atoms with Crippen molar-refractivity contribution in [3.63, 3.8) is 0 Å². The first-order valence-corrected chi connectivity index (χ1v) is 10.3. The van der Waals surface area contributed by atoms with E-state index in [1.165, 1.54) is 40.9 Å². The van der Waals surface area contributed by atoms with Crippen molar-refractivity contribution >= 4 is 41.0 Å². The van der Waals surface area contributed by atoms with Crippen molar-refractivity contribution in [3.8, 4) is 0 Å². The topological polar surface area (TPSA) is 79.0 Å². The molecule has 0 bridgehead atoms. The molecule has 30 heavy (non-hydrogen) atoms. The minimum Gasteiger partial charge on any atom is -0.442 e. The number of thioether (sulfide) groups is 1. The van der Waals surface area contributed by atoms with Crippen molar-refractivity contribution in [3.05, 3.63) is 53.8 Å². The van der Waals surface area contributed by atoms with Gasteiger partial charge in [-0.15, -0.1) is 11.8 Å². The zero-order valence-electron chi connectivity index (χ0n) is 16.4. The molecular weight excluding hydrogens is 409 g/mol. The molecule has 2 aromatic carbocycles. The highest BCUT2D eigenvalue weighted by atomic mass is 32.2. The number of ether oxygens (including phenoxy) is 1. The van der Waals surface area contributed by atoms with Gasteiger partial charge in [0.15, 0.2) is 0 Å². The Kier molecular flexibility index (Phi) is 5.38. The van der Waals surface area contributed by atoms with Crippen molar-refractivity contribution in [1.82, 2.24) is 5.32 Å². The summed E-state index contributed by atoms with van der Waals surface area (Å²) in [5.41, 5.74) is 1.81. The SMILES string of the molecule is CC1Sc2cc(N3CC(CNC(=O)c4ccc(F)cc4)OC3=O)ccc2N(C)C1=O. The van der Waals surface area contributed by atoms with Gasteiger partial charge < -0.3 is 15.0 Å². The van der Waals surface area contributed by atoms with Gasteiger partial charge in [-0.05, 0) is 49.4 Å². The molecular formula is C21H20FN3O4S. The van der Waals surface area contributed by atoms with Crippen LogP contribution in [0.2, 0.25) is 0 Å². The molecule has 3 amide bonds. The average Bonchev–Trinajstić information content (AvgIpc) is 3.11. The molecule has 2 aromatic rings. The van der Waals surface area contributed by atoms with Gasteiger partial charge in [0.2, 0.25) is 5.91 Å². The van der Waals surface area contributed by atoms with E-state index in [0.717, 1.165) is 10.6 Å². The van der Waals surface area contributed by atoms with E-state index in [4.69, 9.17) is 4.74 Å². The highest BCUT2D eigenvalue weighted by Gasteiger charge is 2.34. The molecule has 2 aliphatic rings. The van der Waals surface area contributed by atoms with Gasteiger partial charge in [0, 0.05) is 23.2 Å². The van der Waals surface area contributed by atoms with Crippen LogP contribution in [-0.4, -0.2) is 49.4 Å². The minimum atomic E-state index is -0.506. The summed E-state index contributed by atoms with van der Waals surface area (Å²) in [5.74, 6) is -0.741. The Morgan fingerprint density at radius 2 is 1.97 bits per heavy atom. The Morgan fingerprint density at radius 1 is 1.23 bits per heavy atom. The molecule has 7 nitrogen and oxygen atoms in total. The fourth-order valence-corrected chi connectivity index (χ4v) is 4.58. The van der Waals surface area contributed by atoms with Crippen LogP contribution in [0.25, 0.3) is 0 Å². The van der Waals surface area contributed by atoms with Crippen molar-refractivity contribution in [2.75, 3.05) is 29.9 Å². The number of benzene rings is 2. The fourth-order valence-electron chi connectivity index (χ4n) is 3.42. The van der Waals surface area contributed by atoms with E-state index in [0.29, 0.717) is 11.3 Å². The molecule has 2 heterocycles. The van der Waals surface area contributed by atoms with Crippen molar-refractivity contribution in [1.29, 1.82) is 0 Å². The Labute approximate surface area is 177 Å². The van der Waals surface area contributed by atoms with Crippen LogP contribution >= 0.6 is 11.8 Å². The molecule has 4 rings (SSSR count). The Morgan fingerprint density at radius 3 is 2.70 bits per heavy atom. The number of rotatable bonds is 4. The molecule has 1 saturated heterocycles. The summed E-state index contributed by atoms with van der Waals surface area (Å²) in [6.07, 6.45) is -0.997. The summed E-state index contributed by atoms with van der Waals surface area (Å²) in [5, 5.41) is 2.51. The Hall–Kier alpha value is -3.07. The molecule has 2 unspecified atom stereocenters. The first kappa shape index (κ1) is 20.2. The number of anilines is 2. The molecule has 0 radical (unpaired) electrons. The molecule has 1 N–H and O–H groups in total. The molecule has 1 fully saturated rings. The minimum absolute atomic E-state index is 0.0396. The van der Waals surface area contributed by atoms with Crippen molar-refractivity contribution in [2.24, 2.45) is 0 Å². The molecule has 2 atom stereocenters. The summed E-state index contributed by atoms with van der Waals surface area (Å²) in [6.45, 7) is 2.28. The van der Waals surface area contributed by atoms with Crippen LogP contribution in [0, 0.1) is 5.82 Å². The molecule has 0 saturated carbocycles. The lowest BCUT2D eigenvalue weighted by Gasteiger charge is -2.30. The van der Waals surface area contributed by atoms with E-state index in [1.807, 2.05) is 19.1 Å². The number of hydrogen-bond donors (Lipinski definition) is 1. The number of halogens is 1. The predicted octanol–water partition coefficient (Wildman–Crippen LogP) is 3.04. The van der Waals surface area contributed by atoms with Crippen LogP contribution in [0.1, 0.15) is 17.3 Å². The van der Waals surface area contributed by atoms with E-state index in [1.54, 1.807) is 18.0 Å². The molecule has 0 aromatic heterocycles. The zero-order chi connectivity index (χ0) is 21.4. The monoisotopic (exact) mass is 429 g/mol. The highest BCUT2D eigenvalue weighted by molar-refractivity contribution is 8.01. The molecule has 2 aliphatic heterocycles. The van der Waals surface area contributed by atoms with Crippen LogP contribution in [0.3, 0.4) is 0 Å². The number of fused-ring (bicyclic) bond motifs is 1. The lowest BCUT2D eigenvalue weighted by molar-refractivity contribution is -0.117. The first-order chi connectivity index (χ1) is 14.3. The number of hydrogen-bond acceptors (Lipinski definition) is 5. The fraction of sp³-hybridized carbons (Fsp3) is 0.286. The number of nitrogens with one attached hydrogen (secondary N) is 1. The number of carbonyl (C=O) groups is 3. The maximum absolute atomic E-state index is 13.0. The van der Waals surface area contributed by atoms with Crippen LogP contribution in [0.4, 0.5) is 20.6 Å².